The molecule has 13 heteroatoms. The van der Waals surface area contributed by atoms with Gasteiger partial charge in [-0.3, -0.25) is 14.4 Å². The summed E-state index contributed by atoms with van der Waals surface area (Å²) in [4.78, 5) is 46.8. The monoisotopic (exact) mass is 670 g/mol. The Morgan fingerprint density at radius 2 is 1.69 bits per heavy atom. The van der Waals surface area contributed by atoms with Gasteiger partial charge in [-0.05, 0) is 44.8 Å². The number of halogens is 2. The van der Waals surface area contributed by atoms with Crippen LogP contribution in [0, 0.1) is 11.8 Å². The molecule has 45 heavy (non-hydrogen) atoms. The molecule has 0 aliphatic heterocycles. The van der Waals surface area contributed by atoms with Crippen molar-refractivity contribution in [2.24, 2.45) is 17.6 Å². The third-order valence-corrected chi connectivity index (χ3v) is 8.09. The van der Waals surface area contributed by atoms with E-state index in [-0.39, 0.29) is 17.0 Å². The summed E-state index contributed by atoms with van der Waals surface area (Å²) >= 11 is 12.5. The van der Waals surface area contributed by atoms with Gasteiger partial charge in [0.05, 0.1) is 18.1 Å². The predicted molar refractivity (Wildman–Crippen MR) is 172 cm³/mol. The molecule has 0 aromatic rings. The topological polar surface area (TPSA) is 196 Å². The van der Waals surface area contributed by atoms with E-state index in [1.54, 1.807) is 42.5 Å². The number of alkyl halides is 1. The smallest absolute Gasteiger partial charge is 0.405 e. The van der Waals surface area contributed by atoms with Crippen LogP contribution in [0.2, 0.25) is 0 Å². The molecule has 2 amide bonds. The standard InChI is InChI=1S/C32H44Cl2N2O9/c1-4-5-13-26(45-32(35)44)28(34)24(37)18-25(38)30(41)29(40)20(3)23(33)12-8-6-10-19(2)11-7-9-14-27(39)36-22-16-15-21(17-22)31(42)43/h5-14,20-22,24,26,28-30,37,40-41H,4,15-18H2,1-3H3,(H2,35,44)(H,36,39)(H,42,43)/b8-6+,11-7+,13-5+,14-9+,19-10+,23-12-. The number of allylic oxidation sites excluding steroid dienone is 9. The molecule has 1 rings (SSSR count). The molecule has 0 saturated heterocycles. The van der Waals surface area contributed by atoms with E-state index in [9.17, 15) is 34.5 Å². The normalized spacial score (nSPS) is 22.0. The van der Waals surface area contributed by atoms with Gasteiger partial charge in [-0.2, -0.15) is 0 Å². The molecule has 1 fully saturated rings. The summed E-state index contributed by atoms with van der Waals surface area (Å²) < 4.78 is 4.88. The molecule has 0 aromatic heterocycles. The summed E-state index contributed by atoms with van der Waals surface area (Å²) in [6.07, 6.45) is 10.5. The van der Waals surface area contributed by atoms with Crippen LogP contribution in [-0.4, -0.2) is 80.0 Å². The Balaban J connectivity index is 2.62. The van der Waals surface area contributed by atoms with E-state index in [1.165, 1.54) is 25.2 Å². The van der Waals surface area contributed by atoms with E-state index in [2.05, 4.69) is 5.32 Å². The lowest BCUT2D eigenvalue weighted by atomic mass is 9.93. The van der Waals surface area contributed by atoms with E-state index < -0.39 is 65.9 Å². The molecule has 8 unspecified atom stereocenters. The molecule has 1 saturated carbocycles. The van der Waals surface area contributed by atoms with Crippen molar-refractivity contribution in [2.75, 3.05) is 0 Å². The Morgan fingerprint density at radius 1 is 1.04 bits per heavy atom. The van der Waals surface area contributed by atoms with Gasteiger partial charge >= 0.3 is 12.1 Å². The van der Waals surface area contributed by atoms with E-state index in [0.717, 1.165) is 5.57 Å². The highest BCUT2D eigenvalue weighted by Crippen LogP contribution is 2.26. The molecule has 8 atom stereocenters. The summed E-state index contributed by atoms with van der Waals surface area (Å²) in [5.74, 6) is -3.26. The quantitative estimate of drug-likeness (QED) is 0.0543. The van der Waals surface area contributed by atoms with Crippen LogP contribution in [-0.2, 0) is 19.1 Å². The first-order chi connectivity index (χ1) is 21.2. The molecular weight excluding hydrogens is 627 g/mol. The molecule has 0 aromatic carbocycles. The van der Waals surface area contributed by atoms with Gasteiger partial charge in [0.25, 0.3) is 0 Å². The lowest BCUT2D eigenvalue weighted by Gasteiger charge is -2.26. The molecule has 0 radical (unpaired) electrons. The van der Waals surface area contributed by atoms with Crippen LogP contribution >= 0.6 is 23.2 Å². The number of carboxylic acids is 1. The van der Waals surface area contributed by atoms with Gasteiger partial charge in [0.15, 0.2) is 5.78 Å². The first-order valence-electron chi connectivity index (χ1n) is 14.6. The van der Waals surface area contributed by atoms with Crippen molar-refractivity contribution < 1.29 is 44.3 Å². The van der Waals surface area contributed by atoms with Crippen LogP contribution in [0.25, 0.3) is 0 Å². The summed E-state index contributed by atoms with van der Waals surface area (Å²) in [6, 6.07) is -0.139. The number of nitrogens with two attached hydrogens (primary N) is 1. The molecule has 11 nitrogen and oxygen atoms in total. The number of ketones is 1. The van der Waals surface area contributed by atoms with Gasteiger partial charge in [-0.25, -0.2) is 4.79 Å². The minimum atomic E-state index is -1.87. The van der Waals surface area contributed by atoms with E-state index in [1.807, 2.05) is 13.8 Å². The minimum absolute atomic E-state index is 0.139. The molecule has 0 bridgehead atoms. The fraction of sp³-hybridized carbons (Fsp3) is 0.500. The number of carbonyl (C=O) groups excluding carboxylic acids is 3. The zero-order valence-corrected chi connectivity index (χ0v) is 27.1. The Hall–Kier alpha value is -3.22. The van der Waals surface area contributed by atoms with Crippen LogP contribution < -0.4 is 11.1 Å². The van der Waals surface area contributed by atoms with Gasteiger partial charge in [0.2, 0.25) is 5.91 Å². The summed E-state index contributed by atoms with van der Waals surface area (Å²) in [5, 5.41) is 42.1. The lowest BCUT2D eigenvalue weighted by molar-refractivity contribution is -0.141. The second-order valence-electron chi connectivity index (χ2n) is 10.8. The van der Waals surface area contributed by atoms with Gasteiger partial charge in [-0.1, -0.05) is 73.6 Å². The zero-order valence-electron chi connectivity index (χ0n) is 25.6. The number of ether oxygens (including phenoxy) is 1. The van der Waals surface area contributed by atoms with Crippen molar-refractivity contribution in [1.29, 1.82) is 0 Å². The molecular formula is C32H44Cl2N2O9. The van der Waals surface area contributed by atoms with Crippen molar-refractivity contribution >= 4 is 47.0 Å². The van der Waals surface area contributed by atoms with Crippen molar-refractivity contribution in [2.45, 2.75) is 88.7 Å². The fourth-order valence-electron chi connectivity index (χ4n) is 4.40. The van der Waals surface area contributed by atoms with Gasteiger partial charge in [0, 0.05) is 29.5 Å². The average Bonchev–Trinajstić information content (AvgIpc) is 3.46. The minimum Gasteiger partial charge on any atom is -0.481 e. The van der Waals surface area contributed by atoms with Crippen LogP contribution in [0.3, 0.4) is 0 Å². The SMILES string of the molecule is CC/C=C/C(OC(N)=O)C(Cl)C(O)CC(=O)C(O)C(O)C(C)/C(Cl)=C/C=C/C=C(C)/C=C/C=C/C(=O)NC1CCC(C(=O)O)C1. The number of aliphatic hydroxyl groups excluding tert-OH is 3. The number of hydrogen-bond donors (Lipinski definition) is 6. The first-order valence-corrected chi connectivity index (χ1v) is 15.4. The van der Waals surface area contributed by atoms with E-state index in [4.69, 9.17) is 38.8 Å². The Morgan fingerprint density at radius 3 is 2.29 bits per heavy atom. The van der Waals surface area contributed by atoms with Gasteiger partial charge in [-0.15, -0.1) is 11.6 Å². The van der Waals surface area contributed by atoms with E-state index in [0.29, 0.717) is 25.7 Å². The number of aliphatic hydroxyl groups is 3. The van der Waals surface area contributed by atoms with Crippen molar-refractivity contribution in [3.63, 3.8) is 0 Å². The van der Waals surface area contributed by atoms with E-state index >= 15 is 0 Å². The number of nitrogens with one attached hydrogen (secondary N) is 1. The number of hydrogen-bond acceptors (Lipinski definition) is 8. The van der Waals surface area contributed by atoms with Crippen LogP contribution in [0.15, 0.2) is 71.4 Å². The Bertz CT molecular complexity index is 1200. The number of carbonyl (C=O) groups is 4. The van der Waals surface area contributed by atoms with Crippen molar-refractivity contribution in [3.05, 3.63) is 71.4 Å². The largest absolute Gasteiger partial charge is 0.481 e. The first kappa shape index (κ1) is 39.8. The zero-order chi connectivity index (χ0) is 34.1. The molecule has 7 N–H and O–H groups in total. The predicted octanol–water partition coefficient (Wildman–Crippen LogP) is 3.81. The number of rotatable bonds is 18. The molecule has 250 valence electrons. The Labute approximate surface area is 273 Å². The highest BCUT2D eigenvalue weighted by atomic mass is 35.5. The molecule has 1 aliphatic carbocycles. The third-order valence-electron chi connectivity index (χ3n) is 7.08. The summed E-state index contributed by atoms with van der Waals surface area (Å²) in [6.45, 7) is 5.18. The molecule has 1 aliphatic rings. The number of Topliss-reactive ketones (excluding diaryl/α,β-unsaturated/α-hetero) is 1. The maximum absolute atomic E-state index is 12.6. The number of carboxylic acid groups (broad SMARTS) is 1. The van der Waals surface area contributed by atoms with Crippen LogP contribution in [0.4, 0.5) is 4.79 Å². The highest BCUT2D eigenvalue weighted by Gasteiger charge is 2.35. The number of amides is 2. The van der Waals surface area contributed by atoms with Crippen molar-refractivity contribution in [3.8, 4) is 0 Å². The van der Waals surface area contributed by atoms with Crippen molar-refractivity contribution in [1.82, 2.24) is 5.32 Å². The molecule has 0 spiro atoms. The fourth-order valence-corrected chi connectivity index (χ4v) is 4.83. The maximum atomic E-state index is 12.6. The third kappa shape index (κ3) is 15.1. The van der Waals surface area contributed by atoms with Gasteiger partial charge < -0.3 is 36.2 Å². The maximum Gasteiger partial charge on any atom is 0.405 e. The lowest BCUT2D eigenvalue weighted by Crippen LogP contribution is -2.43. The second kappa shape index (κ2) is 20.7. The average molecular weight is 672 g/mol. The number of aliphatic carboxylic acids is 1. The van der Waals surface area contributed by atoms with Crippen LogP contribution in [0.5, 0.6) is 0 Å². The summed E-state index contributed by atoms with van der Waals surface area (Å²) in [7, 11) is 0. The van der Waals surface area contributed by atoms with Gasteiger partial charge in [0.1, 0.15) is 17.6 Å². The summed E-state index contributed by atoms with van der Waals surface area (Å²) in [5.41, 5.74) is 5.89. The second-order valence-corrected chi connectivity index (χ2v) is 11.7. The Kier molecular flexibility index (Phi) is 18.3. The molecule has 0 heterocycles. The highest BCUT2D eigenvalue weighted by molar-refractivity contribution is 6.30. The number of primary amides is 1. The van der Waals surface area contributed by atoms with Crippen LogP contribution in [0.1, 0.15) is 52.9 Å².